The maximum atomic E-state index is 12.9. The monoisotopic (exact) mass is 415 g/mol. The van der Waals surface area contributed by atoms with E-state index in [9.17, 15) is 8.42 Å². The lowest BCUT2D eigenvalue weighted by Gasteiger charge is -2.23. The Labute approximate surface area is 144 Å². The molecule has 1 aromatic carbocycles. The largest absolute Gasteiger partial charge is 0.494 e. The molecule has 0 spiro atoms. The van der Waals surface area contributed by atoms with Gasteiger partial charge >= 0.3 is 0 Å². The number of methoxy groups -OCH3 is 3. The van der Waals surface area contributed by atoms with E-state index in [-0.39, 0.29) is 36.9 Å². The molecule has 0 fully saturated rings. The Bertz CT molecular complexity index is 588. The Morgan fingerprint density at radius 3 is 2.14 bits per heavy atom. The van der Waals surface area contributed by atoms with Gasteiger partial charge in [0.1, 0.15) is 4.90 Å². The Kier molecular flexibility index (Phi) is 8.09. The van der Waals surface area contributed by atoms with Gasteiger partial charge in [0.2, 0.25) is 10.0 Å². The van der Waals surface area contributed by atoms with Gasteiger partial charge in [-0.3, -0.25) is 0 Å². The highest BCUT2D eigenvalue weighted by atomic mass is 79.9. The fourth-order valence-corrected chi connectivity index (χ4v) is 4.58. The summed E-state index contributed by atoms with van der Waals surface area (Å²) in [5, 5.41) is 0.296. The normalized spacial score (nSPS) is 11.9. The summed E-state index contributed by atoms with van der Waals surface area (Å²) < 4.78 is 42.7. The van der Waals surface area contributed by atoms with Crippen LogP contribution in [0.1, 0.15) is 0 Å². The molecule has 0 unspecified atom stereocenters. The zero-order valence-corrected chi connectivity index (χ0v) is 15.8. The fraction of sp³-hybridized carbons (Fsp3) is 0.538. The fourth-order valence-electron chi connectivity index (χ4n) is 1.80. The molecule has 0 saturated carbocycles. The molecule has 0 aliphatic rings. The Morgan fingerprint density at radius 2 is 1.68 bits per heavy atom. The maximum Gasteiger partial charge on any atom is 0.247 e. The predicted molar refractivity (Wildman–Crippen MR) is 88.2 cm³/mol. The number of hydrogen-bond donors (Lipinski definition) is 0. The van der Waals surface area contributed by atoms with E-state index in [1.54, 1.807) is 6.07 Å². The third-order valence-electron chi connectivity index (χ3n) is 2.89. The van der Waals surface area contributed by atoms with Crippen LogP contribution in [0, 0.1) is 0 Å². The van der Waals surface area contributed by atoms with Gasteiger partial charge in [0.15, 0.2) is 5.75 Å². The summed E-state index contributed by atoms with van der Waals surface area (Å²) in [5.41, 5.74) is 0. The quantitative estimate of drug-likeness (QED) is 0.618. The number of ether oxygens (including phenoxy) is 3. The molecule has 0 aliphatic carbocycles. The highest BCUT2D eigenvalue weighted by Crippen LogP contribution is 2.36. The molecular formula is C13H19BrClNO5S. The van der Waals surface area contributed by atoms with E-state index in [2.05, 4.69) is 15.9 Å². The molecule has 1 aromatic rings. The van der Waals surface area contributed by atoms with Crippen molar-refractivity contribution in [2.45, 2.75) is 4.90 Å². The Hall–Kier alpha value is -0.380. The lowest BCUT2D eigenvalue weighted by Crippen LogP contribution is -2.36. The van der Waals surface area contributed by atoms with Crippen LogP contribution in [0.15, 0.2) is 21.5 Å². The van der Waals surface area contributed by atoms with Gasteiger partial charge in [0, 0.05) is 32.3 Å². The molecular weight excluding hydrogens is 398 g/mol. The summed E-state index contributed by atoms with van der Waals surface area (Å²) in [6.07, 6.45) is 0. The smallest absolute Gasteiger partial charge is 0.247 e. The average molecular weight is 417 g/mol. The maximum absolute atomic E-state index is 12.9. The molecule has 0 amide bonds. The Morgan fingerprint density at radius 1 is 1.14 bits per heavy atom. The van der Waals surface area contributed by atoms with Crippen molar-refractivity contribution in [3.63, 3.8) is 0 Å². The summed E-state index contributed by atoms with van der Waals surface area (Å²) in [4.78, 5) is 0.00146. The lowest BCUT2D eigenvalue weighted by molar-refractivity contribution is 0.150. The van der Waals surface area contributed by atoms with Gasteiger partial charge in [0.05, 0.1) is 24.8 Å². The van der Waals surface area contributed by atoms with Crippen molar-refractivity contribution in [3.8, 4) is 5.75 Å². The van der Waals surface area contributed by atoms with Crippen molar-refractivity contribution in [3.05, 3.63) is 21.6 Å². The van der Waals surface area contributed by atoms with Crippen molar-refractivity contribution < 1.29 is 22.6 Å². The standard InChI is InChI=1S/C13H19BrClNO5S/c1-19-6-4-16(5-7-20-2)22(17,18)12-9-10(15)8-11(14)13(12)21-3/h8-9H,4-7H2,1-3H3. The third kappa shape index (κ3) is 4.81. The van der Waals surface area contributed by atoms with E-state index in [4.69, 9.17) is 25.8 Å². The van der Waals surface area contributed by atoms with Gasteiger partial charge in [-0.15, -0.1) is 0 Å². The zero-order chi connectivity index (χ0) is 16.8. The second-order valence-corrected chi connectivity index (χ2v) is 7.51. The Balaban J connectivity index is 3.29. The van der Waals surface area contributed by atoms with Crippen LogP contribution in [0.2, 0.25) is 5.02 Å². The van der Waals surface area contributed by atoms with E-state index in [1.165, 1.54) is 31.7 Å². The van der Waals surface area contributed by atoms with Crippen LogP contribution in [-0.4, -0.2) is 60.4 Å². The van der Waals surface area contributed by atoms with Gasteiger partial charge in [-0.2, -0.15) is 4.31 Å². The van der Waals surface area contributed by atoms with Crippen LogP contribution in [0.25, 0.3) is 0 Å². The first-order valence-electron chi connectivity index (χ1n) is 6.39. The van der Waals surface area contributed by atoms with Gasteiger partial charge < -0.3 is 14.2 Å². The minimum Gasteiger partial charge on any atom is -0.494 e. The van der Waals surface area contributed by atoms with Crippen LogP contribution in [0.3, 0.4) is 0 Å². The molecule has 0 aromatic heterocycles. The van der Waals surface area contributed by atoms with Gasteiger partial charge in [-0.05, 0) is 28.1 Å². The van der Waals surface area contributed by atoms with Crippen LogP contribution in [0.4, 0.5) is 0 Å². The van der Waals surface area contributed by atoms with Crippen LogP contribution >= 0.6 is 27.5 Å². The highest BCUT2D eigenvalue weighted by molar-refractivity contribution is 9.10. The number of benzene rings is 1. The molecule has 0 N–H and O–H groups in total. The molecule has 6 nitrogen and oxygen atoms in total. The number of rotatable bonds is 9. The topological polar surface area (TPSA) is 65.1 Å². The lowest BCUT2D eigenvalue weighted by atomic mass is 10.3. The highest BCUT2D eigenvalue weighted by Gasteiger charge is 2.29. The summed E-state index contributed by atoms with van der Waals surface area (Å²) in [7, 11) is 0.628. The second-order valence-electron chi connectivity index (χ2n) is 4.31. The van der Waals surface area contributed by atoms with Crippen molar-refractivity contribution in [2.75, 3.05) is 47.6 Å². The van der Waals surface area contributed by atoms with Gasteiger partial charge in [-0.25, -0.2) is 8.42 Å². The van der Waals surface area contributed by atoms with Crippen LogP contribution in [0.5, 0.6) is 5.75 Å². The second kappa shape index (κ2) is 9.05. The molecule has 126 valence electrons. The first-order valence-corrected chi connectivity index (χ1v) is 9.00. The minimum absolute atomic E-state index is 0.00146. The zero-order valence-electron chi connectivity index (χ0n) is 12.6. The van der Waals surface area contributed by atoms with E-state index >= 15 is 0 Å². The van der Waals surface area contributed by atoms with Crippen molar-refractivity contribution in [1.29, 1.82) is 0 Å². The molecule has 0 bridgehead atoms. The third-order valence-corrected chi connectivity index (χ3v) is 5.60. The van der Waals surface area contributed by atoms with E-state index < -0.39 is 10.0 Å². The first kappa shape index (κ1) is 19.7. The summed E-state index contributed by atoms with van der Waals surface area (Å²) in [6, 6.07) is 2.95. The average Bonchev–Trinajstić information content (AvgIpc) is 2.46. The molecule has 9 heteroatoms. The summed E-state index contributed by atoms with van der Waals surface area (Å²) >= 11 is 9.24. The molecule has 22 heavy (non-hydrogen) atoms. The van der Waals surface area contributed by atoms with E-state index in [0.717, 1.165) is 0 Å². The molecule has 0 aliphatic heterocycles. The van der Waals surface area contributed by atoms with Crippen LogP contribution < -0.4 is 4.74 Å². The van der Waals surface area contributed by atoms with E-state index in [1.807, 2.05) is 0 Å². The van der Waals surface area contributed by atoms with Crippen molar-refractivity contribution in [1.82, 2.24) is 4.31 Å². The number of hydrogen-bond acceptors (Lipinski definition) is 5. The van der Waals surface area contributed by atoms with Gasteiger partial charge in [0.25, 0.3) is 0 Å². The first-order chi connectivity index (χ1) is 10.4. The molecule has 0 atom stereocenters. The summed E-state index contributed by atoms with van der Waals surface area (Å²) in [6.45, 7) is 0.949. The number of sulfonamides is 1. The molecule has 0 radical (unpaired) electrons. The van der Waals surface area contributed by atoms with Crippen LogP contribution in [-0.2, 0) is 19.5 Å². The predicted octanol–water partition coefficient (Wildman–Crippen LogP) is 2.39. The number of halogens is 2. The molecule has 1 rings (SSSR count). The van der Waals surface area contributed by atoms with Crippen molar-refractivity contribution >= 4 is 37.6 Å². The van der Waals surface area contributed by atoms with Crippen molar-refractivity contribution in [2.24, 2.45) is 0 Å². The molecule has 0 saturated heterocycles. The number of nitrogens with zero attached hydrogens (tertiary/aromatic N) is 1. The van der Waals surface area contributed by atoms with E-state index in [0.29, 0.717) is 9.50 Å². The molecule has 0 heterocycles. The van der Waals surface area contributed by atoms with Gasteiger partial charge in [-0.1, -0.05) is 11.6 Å². The summed E-state index contributed by atoms with van der Waals surface area (Å²) in [5.74, 6) is 0.212. The SMILES string of the molecule is COCCN(CCOC)S(=O)(=O)c1cc(Cl)cc(Br)c1OC. The minimum atomic E-state index is -3.80.